The fourth-order valence-corrected chi connectivity index (χ4v) is 2.79. The zero-order valence-electron chi connectivity index (χ0n) is 14.7. The van der Waals surface area contributed by atoms with Gasteiger partial charge in [-0.1, -0.05) is 0 Å². The van der Waals surface area contributed by atoms with Crippen molar-refractivity contribution in [3.05, 3.63) is 17.8 Å². The highest BCUT2D eigenvalue weighted by molar-refractivity contribution is 5.96. The summed E-state index contributed by atoms with van der Waals surface area (Å²) < 4.78 is 7.31. The summed E-state index contributed by atoms with van der Waals surface area (Å²) in [5.41, 5.74) is 0.435. The highest BCUT2D eigenvalue weighted by atomic mass is 16.6. The zero-order valence-corrected chi connectivity index (χ0v) is 14.7. The number of likely N-dealkylation sites (tertiary alicyclic amines) is 1. The molecule has 23 heavy (non-hydrogen) atoms. The number of aryl methyl sites for hydroxylation is 2. The molecule has 1 atom stereocenters. The highest BCUT2D eigenvalue weighted by Gasteiger charge is 2.35. The Hall–Kier alpha value is -1.98. The molecule has 0 bridgehead atoms. The lowest BCUT2D eigenvalue weighted by atomic mass is 10.0. The Labute approximate surface area is 137 Å². The van der Waals surface area contributed by atoms with E-state index in [4.69, 9.17) is 4.74 Å². The van der Waals surface area contributed by atoms with Gasteiger partial charge in [-0.2, -0.15) is 0 Å². The largest absolute Gasteiger partial charge is 0.444 e. The third-order valence-corrected chi connectivity index (χ3v) is 3.95. The fourth-order valence-electron chi connectivity index (χ4n) is 2.79. The lowest BCUT2D eigenvalue weighted by Crippen LogP contribution is -2.51. The number of nitrogens with zero attached hydrogens (tertiary/aromatic N) is 2. The van der Waals surface area contributed by atoms with Gasteiger partial charge in [-0.05, 0) is 58.6 Å². The number of anilines is 1. The Balaban J connectivity index is 2.11. The van der Waals surface area contributed by atoms with Gasteiger partial charge in [0.2, 0.25) is 5.91 Å². The normalized spacial score (nSPS) is 18.7. The van der Waals surface area contributed by atoms with E-state index >= 15 is 0 Å². The predicted molar refractivity (Wildman–Crippen MR) is 89.4 cm³/mol. The first-order valence-electron chi connectivity index (χ1n) is 8.11. The summed E-state index contributed by atoms with van der Waals surface area (Å²) >= 11 is 0. The van der Waals surface area contributed by atoms with Crippen LogP contribution in [-0.2, 0) is 16.6 Å². The van der Waals surface area contributed by atoms with Gasteiger partial charge in [-0.3, -0.25) is 9.69 Å². The molecular weight excluding hydrogens is 294 g/mol. The second-order valence-corrected chi connectivity index (χ2v) is 7.13. The van der Waals surface area contributed by atoms with Gasteiger partial charge < -0.3 is 14.6 Å². The molecule has 1 N–H and O–H groups in total. The van der Waals surface area contributed by atoms with Gasteiger partial charge in [-0.25, -0.2) is 4.79 Å². The van der Waals surface area contributed by atoms with Gasteiger partial charge in [0.1, 0.15) is 17.5 Å². The first-order valence-corrected chi connectivity index (χ1v) is 8.11. The molecule has 1 aliphatic heterocycles. The van der Waals surface area contributed by atoms with Crippen molar-refractivity contribution in [2.45, 2.75) is 58.6 Å². The van der Waals surface area contributed by atoms with Crippen LogP contribution in [0.2, 0.25) is 0 Å². The molecule has 2 heterocycles. The topological polar surface area (TPSA) is 63.6 Å². The minimum Gasteiger partial charge on any atom is -0.444 e. The summed E-state index contributed by atoms with van der Waals surface area (Å²) in [4.78, 5) is 26.6. The minimum absolute atomic E-state index is 0.152. The van der Waals surface area contributed by atoms with E-state index < -0.39 is 17.7 Å². The molecule has 1 fully saturated rings. The maximum atomic E-state index is 12.7. The predicted octanol–water partition coefficient (Wildman–Crippen LogP) is 3.06. The Kier molecular flexibility index (Phi) is 5.02. The third-order valence-electron chi connectivity index (χ3n) is 3.95. The Morgan fingerprint density at radius 3 is 2.57 bits per heavy atom. The third kappa shape index (κ3) is 4.27. The molecule has 6 nitrogen and oxygen atoms in total. The van der Waals surface area contributed by atoms with Crippen LogP contribution in [0.1, 0.15) is 45.6 Å². The molecule has 1 aliphatic rings. The van der Waals surface area contributed by atoms with Crippen LogP contribution in [0.3, 0.4) is 0 Å². The molecule has 1 aromatic rings. The molecule has 0 saturated carbocycles. The monoisotopic (exact) mass is 321 g/mol. The minimum atomic E-state index is -0.565. The second kappa shape index (κ2) is 6.64. The van der Waals surface area contributed by atoms with E-state index in [0.29, 0.717) is 13.0 Å². The Morgan fingerprint density at radius 2 is 2.00 bits per heavy atom. The number of nitrogens with one attached hydrogen (secondary N) is 1. The van der Waals surface area contributed by atoms with Crippen LogP contribution in [0.4, 0.5) is 10.6 Å². The van der Waals surface area contributed by atoms with E-state index in [-0.39, 0.29) is 5.91 Å². The van der Waals surface area contributed by atoms with Crippen molar-refractivity contribution in [2.75, 3.05) is 11.9 Å². The van der Waals surface area contributed by atoms with Crippen molar-refractivity contribution in [3.8, 4) is 0 Å². The molecule has 1 aromatic heterocycles. The summed E-state index contributed by atoms with van der Waals surface area (Å²) in [6.45, 7) is 7.99. The van der Waals surface area contributed by atoms with E-state index in [2.05, 4.69) is 5.32 Å². The molecule has 6 heteroatoms. The van der Waals surface area contributed by atoms with Gasteiger partial charge in [0.15, 0.2) is 0 Å². The van der Waals surface area contributed by atoms with Crippen LogP contribution in [0, 0.1) is 6.92 Å². The fraction of sp³-hybridized carbons (Fsp3) is 0.647. The highest BCUT2D eigenvalue weighted by Crippen LogP contribution is 2.23. The van der Waals surface area contributed by atoms with Crippen molar-refractivity contribution in [1.29, 1.82) is 0 Å². The first kappa shape index (κ1) is 17.4. The first-order chi connectivity index (χ1) is 10.7. The number of carbonyl (C=O) groups excluding carboxylic acids is 2. The van der Waals surface area contributed by atoms with Gasteiger partial charge in [0, 0.05) is 19.8 Å². The van der Waals surface area contributed by atoms with E-state index in [0.717, 1.165) is 24.2 Å². The van der Waals surface area contributed by atoms with E-state index in [1.54, 1.807) is 4.90 Å². The Bertz CT molecular complexity index is 567. The smallest absolute Gasteiger partial charge is 0.410 e. The van der Waals surface area contributed by atoms with Crippen LogP contribution in [0.5, 0.6) is 0 Å². The SMILES string of the molecule is Cc1ccn(C)c1NC(=O)C1CCCCN1C(=O)OC(C)(C)C. The van der Waals surface area contributed by atoms with E-state index in [9.17, 15) is 9.59 Å². The zero-order chi connectivity index (χ0) is 17.2. The molecule has 0 aliphatic carbocycles. The summed E-state index contributed by atoms with van der Waals surface area (Å²) in [5.74, 6) is 0.616. The number of amides is 2. The van der Waals surface area contributed by atoms with Gasteiger partial charge in [0.05, 0.1) is 0 Å². The average molecular weight is 321 g/mol. The number of ether oxygens (including phenoxy) is 1. The number of rotatable bonds is 2. The molecule has 128 valence electrons. The maximum absolute atomic E-state index is 12.7. The van der Waals surface area contributed by atoms with Crippen LogP contribution < -0.4 is 5.32 Å². The van der Waals surface area contributed by atoms with Crippen LogP contribution >= 0.6 is 0 Å². The molecule has 2 amide bonds. The van der Waals surface area contributed by atoms with Gasteiger partial charge in [0.25, 0.3) is 0 Å². The van der Waals surface area contributed by atoms with Crippen LogP contribution in [0.15, 0.2) is 12.3 Å². The van der Waals surface area contributed by atoms with Crippen molar-refractivity contribution >= 4 is 17.8 Å². The number of hydrogen-bond donors (Lipinski definition) is 1. The summed E-state index contributed by atoms with van der Waals surface area (Å²) in [6, 6.07) is 1.47. The molecule has 1 saturated heterocycles. The molecular formula is C17H27N3O3. The van der Waals surface area contributed by atoms with Crippen molar-refractivity contribution in [1.82, 2.24) is 9.47 Å². The van der Waals surface area contributed by atoms with E-state index in [1.807, 2.05) is 51.6 Å². The molecule has 0 spiro atoms. The number of aromatic nitrogens is 1. The van der Waals surface area contributed by atoms with Crippen molar-refractivity contribution < 1.29 is 14.3 Å². The van der Waals surface area contributed by atoms with Crippen molar-refractivity contribution in [2.24, 2.45) is 7.05 Å². The van der Waals surface area contributed by atoms with E-state index in [1.165, 1.54) is 0 Å². The summed E-state index contributed by atoms with van der Waals surface area (Å²) in [6.07, 6.45) is 3.97. The number of hydrogen-bond acceptors (Lipinski definition) is 3. The lowest BCUT2D eigenvalue weighted by molar-refractivity contribution is -0.122. The number of carbonyl (C=O) groups is 2. The van der Waals surface area contributed by atoms with Gasteiger partial charge >= 0.3 is 6.09 Å². The standard InChI is InChI=1S/C17H27N3O3/c1-12-9-11-19(5)14(12)18-15(21)13-8-6-7-10-20(13)16(22)23-17(2,3)4/h9,11,13H,6-8,10H2,1-5H3,(H,18,21). The van der Waals surface area contributed by atoms with Crippen LogP contribution in [0.25, 0.3) is 0 Å². The second-order valence-electron chi connectivity index (χ2n) is 7.13. The molecule has 0 radical (unpaired) electrons. The summed E-state index contributed by atoms with van der Waals surface area (Å²) in [5, 5.41) is 2.95. The van der Waals surface area contributed by atoms with Crippen LogP contribution in [-0.4, -0.2) is 39.7 Å². The molecule has 2 rings (SSSR count). The number of piperidine rings is 1. The Morgan fingerprint density at radius 1 is 1.30 bits per heavy atom. The molecule has 0 aromatic carbocycles. The average Bonchev–Trinajstić information content (AvgIpc) is 2.77. The summed E-state index contributed by atoms with van der Waals surface area (Å²) in [7, 11) is 1.88. The molecule has 1 unspecified atom stereocenters. The van der Waals surface area contributed by atoms with Gasteiger partial charge in [-0.15, -0.1) is 0 Å². The van der Waals surface area contributed by atoms with Crippen molar-refractivity contribution in [3.63, 3.8) is 0 Å². The maximum Gasteiger partial charge on any atom is 0.410 e. The quantitative estimate of drug-likeness (QED) is 0.910. The lowest BCUT2D eigenvalue weighted by Gasteiger charge is -2.35.